The fourth-order valence-corrected chi connectivity index (χ4v) is 2.54. The number of benzene rings is 1. The molecule has 0 spiro atoms. The molecule has 0 amide bonds. The summed E-state index contributed by atoms with van der Waals surface area (Å²) in [6.45, 7) is 0. The molecule has 0 saturated carbocycles. The molecule has 0 unspecified atom stereocenters. The van der Waals surface area contributed by atoms with Gasteiger partial charge in [-0.2, -0.15) is 0 Å². The fourth-order valence-electron chi connectivity index (χ4n) is 0.673. The largest absolute Gasteiger partial charge is 0.141 e. The molecule has 1 aromatic carbocycles. The minimum Gasteiger partial charge on any atom is -0.141 e. The molecule has 0 bridgehead atoms. The maximum atomic E-state index is 4.21. The van der Waals surface area contributed by atoms with Crippen LogP contribution in [0.15, 0.2) is 29.4 Å². The van der Waals surface area contributed by atoms with Crippen molar-refractivity contribution in [3.05, 3.63) is 0 Å². The van der Waals surface area contributed by atoms with E-state index in [4.69, 9.17) is 0 Å². The number of thiol groups is 6. The molecule has 0 heterocycles. The Kier molecular flexibility index (Phi) is 46.0. The van der Waals surface area contributed by atoms with E-state index in [2.05, 4.69) is 75.8 Å². The van der Waals surface area contributed by atoms with Crippen molar-refractivity contribution >= 4 is 253 Å². The molecule has 1 rings (SSSR count). The third-order valence-corrected chi connectivity index (χ3v) is 5.09. The van der Waals surface area contributed by atoms with Crippen LogP contribution >= 0.6 is 75.8 Å². The Morgan fingerprint density at radius 2 is 0.333 bits per heavy atom. The van der Waals surface area contributed by atoms with Gasteiger partial charge in [-0.1, -0.05) is 0 Å². The SMILES string of the molecule is Sc1c(S)c(S)c(S)c(S)c1S.[Na].[Na].[Na].[Na].[Na].[Na]. The second-order valence-electron chi connectivity index (χ2n) is 2.09. The molecular formula is C6H6Na6S6. The minimum absolute atomic E-state index is 0. The van der Waals surface area contributed by atoms with Crippen molar-refractivity contribution in [1.82, 2.24) is 0 Å². The van der Waals surface area contributed by atoms with Crippen molar-refractivity contribution in [2.45, 2.75) is 29.4 Å². The first-order valence-corrected chi connectivity index (χ1v) is 5.52. The van der Waals surface area contributed by atoms with Gasteiger partial charge in [-0.15, -0.1) is 75.8 Å². The Hall–Kier alpha value is 7.32. The summed E-state index contributed by atoms with van der Waals surface area (Å²) in [4.78, 5) is 4.05. The van der Waals surface area contributed by atoms with E-state index in [9.17, 15) is 0 Å². The summed E-state index contributed by atoms with van der Waals surface area (Å²) in [7, 11) is 0. The number of rotatable bonds is 0. The molecule has 0 fully saturated rings. The van der Waals surface area contributed by atoms with Gasteiger partial charge in [0.1, 0.15) is 0 Å². The predicted molar refractivity (Wildman–Crippen MR) is 104 cm³/mol. The Morgan fingerprint density at radius 1 is 0.278 bits per heavy atom. The van der Waals surface area contributed by atoms with Gasteiger partial charge in [-0.3, -0.25) is 0 Å². The van der Waals surface area contributed by atoms with E-state index in [1.165, 1.54) is 0 Å². The van der Waals surface area contributed by atoms with E-state index in [1.54, 1.807) is 0 Å². The topological polar surface area (TPSA) is 0 Å². The average molecular weight is 408 g/mol. The zero-order valence-corrected chi connectivity index (χ0v) is 29.0. The molecule has 0 nitrogen and oxygen atoms in total. The van der Waals surface area contributed by atoms with Crippen LogP contribution in [0.2, 0.25) is 0 Å². The standard InChI is InChI=1S/C6H6S6.6Na/c7-1-2(8)4(10)6(12)5(11)3(1)9;;;;;;/h7-12H;;;;;;. The van der Waals surface area contributed by atoms with Gasteiger partial charge >= 0.3 is 0 Å². The summed E-state index contributed by atoms with van der Waals surface area (Å²) in [6, 6.07) is 0. The molecule has 6 radical (unpaired) electrons. The van der Waals surface area contributed by atoms with Gasteiger partial charge in [-0.25, -0.2) is 0 Å². The first kappa shape index (κ1) is 40.1. The summed E-state index contributed by atoms with van der Waals surface area (Å²) in [5.74, 6) is 0. The third kappa shape index (κ3) is 11.8. The van der Waals surface area contributed by atoms with Crippen molar-refractivity contribution in [3.63, 3.8) is 0 Å². The zero-order valence-electron chi connectivity index (χ0n) is 11.7. The molecule has 18 heavy (non-hydrogen) atoms. The van der Waals surface area contributed by atoms with E-state index in [-0.39, 0.29) is 177 Å². The smallest absolute Gasteiger partial charge is 0.0331 e. The Balaban J connectivity index is -0.0000000600. The van der Waals surface area contributed by atoms with Crippen LogP contribution in [-0.2, 0) is 0 Å². The van der Waals surface area contributed by atoms with E-state index in [0.717, 1.165) is 0 Å². The van der Waals surface area contributed by atoms with Crippen LogP contribution in [0.3, 0.4) is 0 Å². The summed E-state index contributed by atoms with van der Waals surface area (Å²) in [5.41, 5.74) is 0. The number of hydrogen-bond donors (Lipinski definition) is 6. The van der Waals surface area contributed by atoms with Crippen molar-refractivity contribution < 1.29 is 0 Å². The third-order valence-electron chi connectivity index (χ3n) is 1.35. The molecular weight excluding hydrogens is 402 g/mol. The van der Waals surface area contributed by atoms with E-state index in [0.29, 0.717) is 29.4 Å². The first-order chi connectivity index (χ1) is 5.46. The molecule has 12 heteroatoms. The molecule has 1 aromatic rings. The Labute approximate surface area is 275 Å². The first-order valence-electron chi connectivity index (χ1n) is 2.84. The fraction of sp³-hybridized carbons (Fsp3) is 0. The maximum Gasteiger partial charge on any atom is 0.0331 e. The van der Waals surface area contributed by atoms with Crippen molar-refractivity contribution in [2.24, 2.45) is 0 Å². The van der Waals surface area contributed by atoms with Crippen LogP contribution in [-0.4, -0.2) is 177 Å². The van der Waals surface area contributed by atoms with Crippen molar-refractivity contribution in [3.8, 4) is 0 Å². The monoisotopic (exact) mass is 408 g/mol. The Bertz CT molecular complexity index is 243. The summed E-state index contributed by atoms with van der Waals surface area (Å²) >= 11 is 25.3. The molecule has 72 valence electrons. The molecule has 0 aromatic heterocycles. The minimum atomic E-state index is 0. The van der Waals surface area contributed by atoms with E-state index in [1.807, 2.05) is 0 Å². The van der Waals surface area contributed by atoms with Crippen LogP contribution in [0.4, 0.5) is 0 Å². The molecule has 0 aliphatic carbocycles. The van der Waals surface area contributed by atoms with Gasteiger partial charge in [0.25, 0.3) is 0 Å². The molecule has 0 aliphatic heterocycles. The maximum absolute atomic E-state index is 4.21. The van der Waals surface area contributed by atoms with Gasteiger partial charge in [-0.05, 0) is 0 Å². The number of hydrogen-bond acceptors (Lipinski definition) is 6. The molecule has 0 N–H and O–H groups in total. The van der Waals surface area contributed by atoms with E-state index >= 15 is 0 Å². The second-order valence-corrected chi connectivity index (χ2v) is 4.77. The summed E-state index contributed by atoms with van der Waals surface area (Å²) in [6.07, 6.45) is 0. The normalized spacial score (nSPS) is 7.00. The van der Waals surface area contributed by atoms with Crippen LogP contribution in [0, 0.1) is 0 Å². The molecule has 0 aliphatic rings. The van der Waals surface area contributed by atoms with Gasteiger partial charge in [0.2, 0.25) is 0 Å². The van der Waals surface area contributed by atoms with Crippen LogP contribution in [0.1, 0.15) is 0 Å². The zero-order chi connectivity index (χ0) is 9.46. The van der Waals surface area contributed by atoms with Crippen LogP contribution < -0.4 is 0 Å². The quantitative estimate of drug-likeness (QED) is 0.269. The summed E-state index contributed by atoms with van der Waals surface area (Å²) < 4.78 is 0. The summed E-state index contributed by atoms with van der Waals surface area (Å²) in [5, 5.41) is 0. The van der Waals surface area contributed by atoms with Gasteiger partial charge < -0.3 is 0 Å². The van der Waals surface area contributed by atoms with Gasteiger partial charge in [0.05, 0.1) is 0 Å². The average Bonchev–Trinajstić information content (AvgIpc) is 2.08. The second kappa shape index (κ2) is 20.6. The van der Waals surface area contributed by atoms with E-state index < -0.39 is 0 Å². The predicted octanol–water partition coefficient (Wildman–Crippen LogP) is 1.13. The van der Waals surface area contributed by atoms with Crippen molar-refractivity contribution in [2.75, 3.05) is 0 Å². The van der Waals surface area contributed by atoms with Gasteiger partial charge in [0, 0.05) is 207 Å². The van der Waals surface area contributed by atoms with Crippen molar-refractivity contribution in [1.29, 1.82) is 0 Å². The van der Waals surface area contributed by atoms with Crippen LogP contribution in [0.5, 0.6) is 0 Å². The van der Waals surface area contributed by atoms with Gasteiger partial charge in [0.15, 0.2) is 0 Å². The molecule has 0 saturated heterocycles. The Morgan fingerprint density at radius 3 is 0.389 bits per heavy atom. The molecule has 0 atom stereocenters. The van der Waals surface area contributed by atoms with Crippen LogP contribution in [0.25, 0.3) is 0 Å².